The fraction of sp³-hybridized carbons (Fsp3) is 0.500. The van der Waals surface area contributed by atoms with E-state index in [9.17, 15) is 4.79 Å². The lowest BCUT2D eigenvalue weighted by Crippen LogP contribution is -2.30. The summed E-state index contributed by atoms with van der Waals surface area (Å²) >= 11 is 3.29. The van der Waals surface area contributed by atoms with Crippen molar-refractivity contribution in [1.82, 2.24) is 14.6 Å². The quantitative estimate of drug-likeness (QED) is 0.795. The van der Waals surface area contributed by atoms with Gasteiger partial charge in [0.15, 0.2) is 11.4 Å². The van der Waals surface area contributed by atoms with Crippen LogP contribution in [0.5, 0.6) is 0 Å². The predicted octanol–water partition coefficient (Wildman–Crippen LogP) is 3.50. The molecular formula is C14H16BrN3O. The Balaban J connectivity index is 2.02. The monoisotopic (exact) mass is 321 g/mol. The summed E-state index contributed by atoms with van der Waals surface area (Å²) in [6, 6.07) is 1.83. The van der Waals surface area contributed by atoms with Crippen molar-refractivity contribution in [3.05, 3.63) is 28.6 Å². The maximum atomic E-state index is 12.8. The molecule has 0 spiro atoms. The summed E-state index contributed by atoms with van der Waals surface area (Å²) in [5.41, 5.74) is 1.18. The lowest BCUT2D eigenvalue weighted by molar-refractivity contribution is 0.0765. The van der Waals surface area contributed by atoms with Crippen molar-refractivity contribution in [3.63, 3.8) is 0 Å². The number of aromatic nitrogens is 3. The van der Waals surface area contributed by atoms with Gasteiger partial charge in [0, 0.05) is 17.2 Å². The van der Waals surface area contributed by atoms with Gasteiger partial charge >= 0.3 is 0 Å². The van der Waals surface area contributed by atoms with Crippen molar-refractivity contribution in [2.45, 2.75) is 33.1 Å². The Kier molecular flexibility index (Phi) is 2.96. The lowest BCUT2D eigenvalue weighted by Gasteiger charge is -2.26. The number of Topliss-reactive ketones (excluding diaryl/α,β-unsaturated/α-hetero) is 1. The first-order chi connectivity index (χ1) is 9.00. The predicted molar refractivity (Wildman–Crippen MR) is 76.1 cm³/mol. The minimum Gasteiger partial charge on any atom is -0.293 e. The van der Waals surface area contributed by atoms with Gasteiger partial charge in [-0.1, -0.05) is 20.3 Å². The molecule has 4 nitrogen and oxygen atoms in total. The summed E-state index contributed by atoms with van der Waals surface area (Å²) in [5.74, 6) is 0.664. The molecule has 1 aliphatic carbocycles. The van der Waals surface area contributed by atoms with E-state index in [1.807, 2.05) is 6.07 Å². The Morgan fingerprint density at radius 1 is 1.58 bits per heavy atom. The van der Waals surface area contributed by atoms with Gasteiger partial charge in [0.25, 0.3) is 0 Å². The van der Waals surface area contributed by atoms with Gasteiger partial charge in [0.05, 0.1) is 6.20 Å². The van der Waals surface area contributed by atoms with Crippen LogP contribution in [-0.2, 0) is 0 Å². The van der Waals surface area contributed by atoms with E-state index in [2.05, 4.69) is 39.9 Å². The number of halogens is 1. The molecule has 0 radical (unpaired) electrons. The molecule has 100 valence electrons. The third-order valence-electron chi connectivity index (χ3n) is 4.49. The molecule has 0 aliphatic heterocycles. The molecule has 3 rings (SSSR count). The van der Waals surface area contributed by atoms with E-state index in [1.54, 1.807) is 16.9 Å². The fourth-order valence-electron chi connectivity index (χ4n) is 3.00. The molecule has 0 bridgehead atoms. The number of hydrogen-bond acceptors (Lipinski definition) is 3. The van der Waals surface area contributed by atoms with Gasteiger partial charge in [-0.3, -0.25) is 4.79 Å². The number of fused-ring (bicyclic) bond motifs is 1. The van der Waals surface area contributed by atoms with Crippen LogP contribution in [-0.4, -0.2) is 20.4 Å². The number of hydrogen-bond donors (Lipinski definition) is 0. The second kappa shape index (κ2) is 4.40. The summed E-state index contributed by atoms with van der Waals surface area (Å²) in [7, 11) is 0. The van der Waals surface area contributed by atoms with Crippen molar-refractivity contribution in [2.24, 2.45) is 11.3 Å². The van der Waals surface area contributed by atoms with E-state index in [1.165, 1.54) is 0 Å². The molecule has 2 aromatic heterocycles. The van der Waals surface area contributed by atoms with Crippen molar-refractivity contribution in [1.29, 1.82) is 0 Å². The van der Waals surface area contributed by atoms with Crippen molar-refractivity contribution < 1.29 is 4.79 Å². The molecule has 2 aromatic rings. The van der Waals surface area contributed by atoms with Crippen LogP contribution in [0.1, 0.15) is 43.5 Å². The average molecular weight is 322 g/mol. The third kappa shape index (κ3) is 2.00. The first-order valence-corrected chi connectivity index (χ1v) is 7.36. The van der Waals surface area contributed by atoms with E-state index < -0.39 is 0 Å². The number of nitrogens with zero attached hydrogens (tertiary/aromatic N) is 3. The first-order valence-electron chi connectivity index (χ1n) is 6.56. The fourth-order valence-corrected chi connectivity index (χ4v) is 3.27. The Morgan fingerprint density at radius 2 is 2.37 bits per heavy atom. The molecule has 2 heterocycles. The van der Waals surface area contributed by atoms with Crippen LogP contribution in [0.3, 0.4) is 0 Å². The van der Waals surface area contributed by atoms with E-state index in [-0.39, 0.29) is 11.2 Å². The summed E-state index contributed by atoms with van der Waals surface area (Å²) in [4.78, 5) is 17.1. The standard InChI is InChI=1S/C14H16BrN3O/c1-9-4-3-5-14(9,2)13(19)10-6-12-17-11(15)7-16-18(12)8-10/h6-9H,3-5H2,1-2H3/t9-,14-/m0/s1. The smallest absolute Gasteiger partial charge is 0.170 e. The molecule has 0 unspecified atom stereocenters. The highest BCUT2D eigenvalue weighted by Crippen LogP contribution is 2.45. The lowest BCUT2D eigenvalue weighted by atomic mass is 9.75. The third-order valence-corrected chi connectivity index (χ3v) is 4.87. The van der Waals surface area contributed by atoms with Gasteiger partial charge in [-0.05, 0) is 40.8 Å². The van der Waals surface area contributed by atoms with E-state index in [0.717, 1.165) is 19.3 Å². The molecule has 0 aromatic carbocycles. The van der Waals surface area contributed by atoms with Gasteiger partial charge in [-0.2, -0.15) is 5.10 Å². The highest BCUT2D eigenvalue weighted by molar-refractivity contribution is 9.10. The molecular weight excluding hydrogens is 306 g/mol. The summed E-state index contributed by atoms with van der Waals surface area (Å²) in [6.07, 6.45) is 6.66. The van der Waals surface area contributed by atoms with Gasteiger partial charge in [-0.15, -0.1) is 0 Å². The molecule has 0 N–H and O–H groups in total. The number of rotatable bonds is 2. The number of carbonyl (C=O) groups is 1. The average Bonchev–Trinajstić information content (AvgIpc) is 2.93. The zero-order valence-electron chi connectivity index (χ0n) is 11.1. The summed E-state index contributed by atoms with van der Waals surface area (Å²) < 4.78 is 2.33. The topological polar surface area (TPSA) is 47.3 Å². The van der Waals surface area contributed by atoms with Crippen LogP contribution in [0.15, 0.2) is 23.1 Å². The second-order valence-corrected chi connectivity index (χ2v) is 6.46. The van der Waals surface area contributed by atoms with Crippen LogP contribution < -0.4 is 0 Å². The van der Waals surface area contributed by atoms with Crippen molar-refractivity contribution in [2.75, 3.05) is 0 Å². The summed E-state index contributed by atoms with van der Waals surface area (Å²) in [5, 5.41) is 4.21. The van der Waals surface area contributed by atoms with Crippen LogP contribution in [0.25, 0.3) is 5.65 Å². The molecule has 0 amide bonds. The number of ketones is 1. The van der Waals surface area contributed by atoms with Gasteiger partial charge < -0.3 is 0 Å². The van der Waals surface area contributed by atoms with Crippen LogP contribution >= 0.6 is 15.9 Å². The maximum Gasteiger partial charge on any atom is 0.170 e. The Morgan fingerprint density at radius 3 is 3.05 bits per heavy atom. The molecule has 19 heavy (non-hydrogen) atoms. The SMILES string of the molecule is C[C@H]1CCC[C@]1(C)C(=O)c1cc2nc(Br)cnn2c1. The molecule has 0 saturated heterocycles. The Hall–Kier alpha value is -1.23. The minimum absolute atomic E-state index is 0.223. The van der Waals surface area contributed by atoms with Crippen molar-refractivity contribution >= 4 is 27.4 Å². The highest BCUT2D eigenvalue weighted by Gasteiger charge is 2.42. The minimum atomic E-state index is -0.234. The molecule has 1 fully saturated rings. The van der Waals surface area contributed by atoms with E-state index in [4.69, 9.17) is 0 Å². The normalized spacial score (nSPS) is 27.0. The Bertz CT molecular complexity index is 651. The second-order valence-electron chi connectivity index (χ2n) is 5.65. The molecule has 1 aliphatic rings. The largest absolute Gasteiger partial charge is 0.293 e. The Labute approximate surface area is 120 Å². The van der Waals surface area contributed by atoms with Crippen LogP contribution in [0.2, 0.25) is 0 Å². The molecule has 2 atom stereocenters. The van der Waals surface area contributed by atoms with Crippen LogP contribution in [0.4, 0.5) is 0 Å². The van der Waals surface area contributed by atoms with Crippen molar-refractivity contribution in [3.8, 4) is 0 Å². The molecule has 1 saturated carbocycles. The number of carbonyl (C=O) groups excluding carboxylic acids is 1. The molecule has 5 heteroatoms. The zero-order valence-corrected chi connectivity index (χ0v) is 12.6. The van der Waals surface area contributed by atoms with Crippen LogP contribution in [0, 0.1) is 11.3 Å². The van der Waals surface area contributed by atoms with Gasteiger partial charge in [-0.25, -0.2) is 9.50 Å². The van der Waals surface area contributed by atoms with E-state index >= 15 is 0 Å². The van der Waals surface area contributed by atoms with E-state index in [0.29, 0.717) is 21.7 Å². The maximum absolute atomic E-state index is 12.8. The highest BCUT2D eigenvalue weighted by atomic mass is 79.9. The summed E-state index contributed by atoms with van der Waals surface area (Å²) in [6.45, 7) is 4.26. The van der Waals surface area contributed by atoms with Gasteiger partial charge in [0.1, 0.15) is 4.60 Å². The van der Waals surface area contributed by atoms with Gasteiger partial charge in [0.2, 0.25) is 0 Å². The zero-order chi connectivity index (χ0) is 13.6. The first kappa shape index (κ1) is 12.8.